The smallest absolute Gasteiger partial charge is 0.348 e. The molecule has 1 amide bonds. The number of rotatable bonds is 6. The van der Waals surface area contributed by atoms with Crippen LogP contribution in [-0.4, -0.2) is 48.4 Å². The average molecular weight is 504 g/mol. The molecule has 0 radical (unpaired) electrons. The van der Waals surface area contributed by atoms with Crippen molar-refractivity contribution in [3.63, 3.8) is 0 Å². The van der Waals surface area contributed by atoms with Crippen LogP contribution in [0.3, 0.4) is 0 Å². The van der Waals surface area contributed by atoms with Crippen LogP contribution in [0.5, 0.6) is 0 Å². The van der Waals surface area contributed by atoms with Gasteiger partial charge in [0.25, 0.3) is 0 Å². The molecule has 1 N–H and O–H groups in total. The zero-order valence-electron chi connectivity index (χ0n) is 21.8. The Morgan fingerprint density at radius 2 is 1.86 bits per heavy atom. The lowest BCUT2D eigenvalue weighted by Crippen LogP contribution is -2.48. The third-order valence-corrected chi connectivity index (χ3v) is 9.33. The van der Waals surface area contributed by atoms with Gasteiger partial charge in [-0.1, -0.05) is 39.3 Å². The maximum atomic E-state index is 14.2. The number of carbonyl (C=O) groups excluding carboxylic acids is 1. The maximum Gasteiger partial charge on any atom is 0.348 e. The second kappa shape index (κ2) is 10.7. The number of carbonyl (C=O) groups is 2. The predicted octanol–water partition coefficient (Wildman–Crippen LogP) is 6.19. The quantitative estimate of drug-likeness (QED) is 0.469. The Balaban J connectivity index is 1.63. The standard InChI is InChI=1S/C28H41NO5S/c1-17-6-11-22(18(2)14-17)26(30)29(23-15-24(28(3,4)5)35-25(23)27(31)32)19-7-9-20(10-8-19)34-21-12-13-33-16-21/h6,15,18-22H,7-14,16H2,1-5H3,(H,31,32)/t18-,19-,20-,21-,22-/m0/s1. The van der Waals surface area contributed by atoms with Crippen LogP contribution in [0.1, 0.15) is 94.1 Å². The fourth-order valence-corrected chi connectivity index (χ4v) is 6.77. The highest BCUT2D eigenvalue weighted by atomic mass is 32.1. The van der Waals surface area contributed by atoms with Gasteiger partial charge in [0.15, 0.2) is 0 Å². The molecule has 2 heterocycles. The van der Waals surface area contributed by atoms with Crippen molar-refractivity contribution < 1.29 is 24.2 Å². The van der Waals surface area contributed by atoms with Crippen LogP contribution >= 0.6 is 11.3 Å². The summed E-state index contributed by atoms with van der Waals surface area (Å²) in [6.45, 7) is 12.0. The molecular formula is C28H41NO5S. The van der Waals surface area contributed by atoms with Crippen molar-refractivity contribution in [2.45, 2.75) is 103 Å². The molecule has 3 atom stereocenters. The van der Waals surface area contributed by atoms with Gasteiger partial charge < -0.3 is 19.5 Å². The third kappa shape index (κ3) is 6.00. The number of ether oxygens (including phenoxy) is 2. The molecule has 0 spiro atoms. The largest absolute Gasteiger partial charge is 0.477 e. The van der Waals surface area contributed by atoms with E-state index in [9.17, 15) is 14.7 Å². The summed E-state index contributed by atoms with van der Waals surface area (Å²) in [5, 5.41) is 10.1. The lowest BCUT2D eigenvalue weighted by Gasteiger charge is -2.40. The molecule has 3 aliphatic rings. The minimum Gasteiger partial charge on any atom is -0.477 e. The number of allylic oxidation sites excluding steroid dienone is 2. The van der Waals surface area contributed by atoms with Gasteiger partial charge in [-0.2, -0.15) is 0 Å². The Hall–Kier alpha value is -1.70. The van der Waals surface area contributed by atoms with Crippen LogP contribution in [0.2, 0.25) is 0 Å². The van der Waals surface area contributed by atoms with Crippen LogP contribution in [0.25, 0.3) is 0 Å². The summed E-state index contributed by atoms with van der Waals surface area (Å²) in [7, 11) is 0. The number of amides is 1. The van der Waals surface area contributed by atoms with E-state index < -0.39 is 5.97 Å². The van der Waals surface area contributed by atoms with Crippen LogP contribution in [0, 0.1) is 11.8 Å². The van der Waals surface area contributed by atoms with Crippen molar-refractivity contribution >= 4 is 28.9 Å². The normalized spacial score (nSPS) is 29.6. The summed E-state index contributed by atoms with van der Waals surface area (Å²) in [6.07, 6.45) is 8.52. The highest BCUT2D eigenvalue weighted by Gasteiger charge is 2.39. The van der Waals surface area contributed by atoms with Crippen molar-refractivity contribution in [2.75, 3.05) is 18.1 Å². The van der Waals surface area contributed by atoms with Gasteiger partial charge >= 0.3 is 5.97 Å². The van der Waals surface area contributed by atoms with E-state index in [-0.39, 0.29) is 46.3 Å². The Morgan fingerprint density at radius 1 is 1.14 bits per heavy atom. The Morgan fingerprint density at radius 3 is 2.43 bits per heavy atom. The molecule has 0 bridgehead atoms. The van der Waals surface area contributed by atoms with Gasteiger partial charge in [0.1, 0.15) is 4.88 Å². The van der Waals surface area contributed by atoms with E-state index in [1.165, 1.54) is 16.9 Å². The first-order valence-electron chi connectivity index (χ1n) is 13.1. The summed E-state index contributed by atoms with van der Waals surface area (Å²) >= 11 is 1.31. The van der Waals surface area contributed by atoms with Crippen LogP contribution in [-0.2, 0) is 19.7 Å². The zero-order valence-corrected chi connectivity index (χ0v) is 22.7. The first-order chi connectivity index (χ1) is 16.5. The fraction of sp³-hybridized carbons (Fsp3) is 0.714. The number of hydrogen-bond acceptors (Lipinski definition) is 5. The van der Waals surface area contributed by atoms with E-state index in [0.717, 1.165) is 56.4 Å². The third-order valence-electron chi connectivity index (χ3n) is 7.79. The van der Waals surface area contributed by atoms with E-state index in [4.69, 9.17) is 9.47 Å². The number of thiophene rings is 1. The maximum absolute atomic E-state index is 14.2. The molecule has 1 aromatic rings. The Labute approximate surface area is 213 Å². The van der Waals surface area contributed by atoms with Gasteiger partial charge in [0, 0.05) is 23.4 Å². The highest BCUT2D eigenvalue weighted by Crippen LogP contribution is 2.42. The van der Waals surface area contributed by atoms with E-state index in [2.05, 4.69) is 40.7 Å². The van der Waals surface area contributed by atoms with Gasteiger partial charge in [-0.15, -0.1) is 11.3 Å². The van der Waals surface area contributed by atoms with Gasteiger partial charge in [-0.05, 0) is 69.3 Å². The van der Waals surface area contributed by atoms with Crippen molar-refractivity contribution in [2.24, 2.45) is 11.8 Å². The van der Waals surface area contributed by atoms with Gasteiger partial charge in [-0.3, -0.25) is 4.79 Å². The van der Waals surface area contributed by atoms with Crippen LogP contribution in [0.4, 0.5) is 5.69 Å². The summed E-state index contributed by atoms with van der Waals surface area (Å²) < 4.78 is 11.7. The summed E-state index contributed by atoms with van der Waals surface area (Å²) in [5.74, 6) is -0.756. The van der Waals surface area contributed by atoms with Crippen molar-refractivity contribution in [1.82, 2.24) is 0 Å². The van der Waals surface area contributed by atoms with E-state index >= 15 is 0 Å². The molecular weight excluding hydrogens is 462 g/mol. The van der Waals surface area contributed by atoms with E-state index in [0.29, 0.717) is 12.3 Å². The number of carboxylic acid groups (broad SMARTS) is 1. The van der Waals surface area contributed by atoms with Gasteiger partial charge in [0.2, 0.25) is 5.91 Å². The summed E-state index contributed by atoms with van der Waals surface area (Å²) in [5.41, 5.74) is 1.73. The predicted molar refractivity (Wildman–Crippen MR) is 139 cm³/mol. The fourth-order valence-electron chi connectivity index (χ4n) is 5.73. The number of aromatic carboxylic acids is 1. The molecule has 1 saturated heterocycles. The molecule has 6 nitrogen and oxygen atoms in total. The molecule has 1 saturated carbocycles. The first kappa shape index (κ1) is 26.4. The van der Waals surface area contributed by atoms with Gasteiger partial charge in [-0.25, -0.2) is 4.79 Å². The first-order valence-corrected chi connectivity index (χ1v) is 14.0. The Bertz CT molecular complexity index is 947. The van der Waals surface area contributed by atoms with Crippen LogP contribution < -0.4 is 4.90 Å². The lowest BCUT2D eigenvalue weighted by molar-refractivity contribution is -0.124. The highest BCUT2D eigenvalue weighted by molar-refractivity contribution is 7.14. The molecule has 2 aliphatic carbocycles. The average Bonchev–Trinajstić information content (AvgIpc) is 3.45. The Kier molecular flexibility index (Phi) is 8.08. The minimum absolute atomic E-state index is 0.0121. The van der Waals surface area contributed by atoms with E-state index in [1.54, 1.807) is 0 Å². The summed E-state index contributed by atoms with van der Waals surface area (Å²) in [4.78, 5) is 29.7. The SMILES string of the molecule is CC1=CC[C@H](C(=O)N(c2cc(C(C)(C)C)sc2C(=O)O)[C@H]2CC[C@H](O[C@H]3CCOC3)CC2)[C@@H](C)C1. The monoisotopic (exact) mass is 503 g/mol. The lowest BCUT2D eigenvalue weighted by atomic mass is 9.79. The van der Waals surface area contributed by atoms with Crippen molar-refractivity contribution in [3.05, 3.63) is 27.5 Å². The topological polar surface area (TPSA) is 76.1 Å². The molecule has 0 aromatic carbocycles. The second-order valence-corrected chi connectivity index (χ2v) is 12.8. The second-order valence-electron chi connectivity index (χ2n) is 11.7. The van der Waals surface area contributed by atoms with Crippen molar-refractivity contribution in [1.29, 1.82) is 0 Å². The molecule has 0 unspecified atom stereocenters. The molecule has 4 rings (SSSR count). The van der Waals surface area contributed by atoms with E-state index in [1.807, 2.05) is 11.0 Å². The molecule has 7 heteroatoms. The van der Waals surface area contributed by atoms with Gasteiger partial charge in [0.05, 0.1) is 24.5 Å². The molecule has 1 aliphatic heterocycles. The number of carboxylic acids is 1. The minimum atomic E-state index is -0.955. The van der Waals surface area contributed by atoms with Crippen LogP contribution in [0.15, 0.2) is 17.7 Å². The van der Waals surface area contributed by atoms with Crippen molar-refractivity contribution in [3.8, 4) is 0 Å². The summed E-state index contributed by atoms with van der Waals surface area (Å²) in [6, 6.07) is 1.96. The number of nitrogens with zero attached hydrogens (tertiary/aromatic N) is 1. The molecule has 2 fully saturated rings. The molecule has 194 valence electrons. The number of hydrogen-bond donors (Lipinski definition) is 1. The number of anilines is 1. The zero-order chi connectivity index (χ0) is 25.3. The molecule has 1 aromatic heterocycles. The molecule has 35 heavy (non-hydrogen) atoms.